The number of nitrogens with one attached hydrogen (secondary N) is 1. The number of methoxy groups -OCH3 is 1. The third-order valence-corrected chi connectivity index (χ3v) is 5.92. The monoisotopic (exact) mass is 429 g/mol. The molecule has 1 heterocycles. The van der Waals surface area contributed by atoms with E-state index in [1.54, 1.807) is 7.11 Å². The smallest absolute Gasteiger partial charge is 0.228 e. The Hall–Kier alpha value is -3.31. The lowest BCUT2D eigenvalue weighted by atomic mass is 10.1. The molecule has 1 aliphatic heterocycles. The van der Waals surface area contributed by atoms with Crippen molar-refractivity contribution in [3.63, 3.8) is 0 Å². The standard InChI is InChI=1S/C27H31N3O2/c1-21-8-13-26(32-2)23(18-21)19-27(31)28-24-9-11-25(12-10-24)30-16-14-29(15-17-30)20-22-6-4-3-5-7-22/h3-13,18H,14-17,19-20H2,1-2H3,(H,28,31). The van der Waals surface area contributed by atoms with Crippen LogP contribution in [0.4, 0.5) is 11.4 Å². The lowest BCUT2D eigenvalue weighted by Crippen LogP contribution is -2.45. The Morgan fingerprint density at radius 2 is 1.66 bits per heavy atom. The maximum Gasteiger partial charge on any atom is 0.228 e. The van der Waals surface area contributed by atoms with Crippen LogP contribution < -0.4 is 15.0 Å². The Kier molecular flexibility index (Phi) is 7.07. The largest absolute Gasteiger partial charge is 0.496 e. The first-order chi connectivity index (χ1) is 15.6. The summed E-state index contributed by atoms with van der Waals surface area (Å²) in [5.41, 5.74) is 5.39. The average Bonchev–Trinajstić information content (AvgIpc) is 2.81. The summed E-state index contributed by atoms with van der Waals surface area (Å²) in [6.07, 6.45) is 0.288. The molecule has 1 N–H and O–H groups in total. The van der Waals surface area contributed by atoms with Crippen LogP contribution in [0.15, 0.2) is 72.8 Å². The third-order valence-electron chi connectivity index (χ3n) is 5.92. The number of piperazine rings is 1. The highest BCUT2D eigenvalue weighted by molar-refractivity contribution is 5.92. The Morgan fingerprint density at radius 3 is 2.34 bits per heavy atom. The molecule has 1 saturated heterocycles. The van der Waals surface area contributed by atoms with E-state index >= 15 is 0 Å². The van der Waals surface area contributed by atoms with Gasteiger partial charge in [0.2, 0.25) is 5.91 Å². The molecule has 0 spiro atoms. The molecule has 0 radical (unpaired) electrons. The molecule has 0 saturated carbocycles. The molecule has 1 amide bonds. The molecular formula is C27H31N3O2. The van der Waals surface area contributed by atoms with Crippen molar-refractivity contribution in [1.82, 2.24) is 4.90 Å². The van der Waals surface area contributed by atoms with Crippen LogP contribution in [0.5, 0.6) is 5.75 Å². The molecule has 5 nitrogen and oxygen atoms in total. The van der Waals surface area contributed by atoms with Crippen LogP contribution >= 0.6 is 0 Å². The second-order valence-electron chi connectivity index (χ2n) is 8.34. The number of rotatable bonds is 7. The number of anilines is 2. The van der Waals surface area contributed by atoms with Gasteiger partial charge in [0.05, 0.1) is 13.5 Å². The molecule has 0 aromatic heterocycles. The summed E-state index contributed by atoms with van der Waals surface area (Å²) in [4.78, 5) is 17.5. The zero-order valence-corrected chi connectivity index (χ0v) is 18.9. The third kappa shape index (κ3) is 5.68. The number of aryl methyl sites for hydroxylation is 1. The Labute approximate surface area is 190 Å². The van der Waals surface area contributed by atoms with Crippen LogP contribution in [-0.2, 0) is 17.8 Å². The van der Waals surface area contributed by atoms with Gasteiger partial charge in [0.25, 0.3) is 0 Å². The molecule has 4 rings (SSSR count). The van der Waals surface area contributed by atoms with Gasteiger partial charge in [0.15, 0.2) is 0 Å². The highest BCUT2D eigenvalue weighted by atomic mass is 16.5. The fourth-order valence-electron chi connectivity index (χ4n) is 4.19. The molecule has 1 aliphatic rings. The van der Waals surface area contributed by atoms with Crippen molar-refractivity contribution in [3.05, 3.63) is 89.5 Å². The first-order valence-corrected chi connectivity index (χ1v) is 11.2. The maximum absolute atomic E-state index is 12.6. The van der Waals surface area contributed by atoms with Gasteiger partial charge in [-0.1, -0.05) is 48.0 Å². The zero-order valence-electron chi connectivity index (χ0n) is 18.9. The van der Waals surface area contributed by atoms with Crippen molar-refractivity contribution >= 4 is 17.3 Å². The second kappa shape index (κ2) is 10.3. The van der Waals surface area contributed by atoms with E-state index in [9.17, 15) is 4.79 Å². The predicted molar refractivity (Wildman–Crippen MR) is 130 cm³/mol. The van der Waals surface area contributed by atoms with Crippen LogP contribution in [0.3, 0.4) is 0 Å². The van der Waals surface area contributed by atoms with Gasteiger partial charge >= 0.3 is 0 Å². The van der Waals surface area contributed by atoms with Crippen molar-refractivity contribution in [2.45, 2.75) is 19.9 Å². The van der Waals surface area contributed by atoms with Crippen molar-refractivity contribution in [1.29, 1.82) is 0 Å². The summed E-state index contributed by atoms with van der Waals surface area (Å²) in [7, 11) is 1.63. The zero-order chi connectivity index (χ0) is 22.3. The summed E-state index contributed by atoms with van der Waals surface area (Å²) >= 11 is 0. The SMILES string of the molecule is COc1ccc(C)cc1CC(=O)Nc1ccc(N2CCN(Cc3ccccc3)CC2)cc1. The molecule has 3 aromatic carbocycles. The van der Waals surface area contributed by atoms with E-state index in [0.717, 1.165) is 55.3 Å². The molecule has 0 aliphatic carbocycles. The molecular weight excluding hydrogens is 398 g/mol. The van der Waals surface area contributed by atoms with Crippen LogP contribution in [0.2, 0.25) is 0 Å². The summed E-state index contributed by atoms with van der Waals surface area (Å²) < 4.78 is 5.39. The van der Waals surface area contributed by atoms with E-state index < -0.39 is 0 Å². The Morgan fingerprint density at radius 1 is 0.938 bits per heavy atom. The second-order valence-corrected chi connectivity index (χ2v) is 8.34. The van der Waals surface area contributed by atoms with Gasteiger partial charge in [-0.3, -0.25) is 9.69 Å². The van der Waals surface area contributed by atoms with E-state index in [0.29, 0.717) is 0 Å². The topological polar surface area (TPSA) is 44.8 Å². The van der Waals surface area contributed by atoms with Gasteiger partial charge < -0.3 is 15.0 Å². The first kappa shape index (κ1) is 21.9. The molecule has 0 atom stereocenters. The Balaban J connectivity index is 1.29. The Bertz CT molecular complexity index is 1030. The molecule has 166 valence electrons. The van der Waals surface area contributed by atoms with E-state index in [1.165, 1.54) is 11.3 Å². The molecule has 32 heavy (non-hydrogen) atoms. The minimum Gasteiger partial charge on any atom is -0.496 e. The lowest BCUT2D eigenvalue weighted by Gasteiger charge is -2.36. The lowest BCUT2D eigenvalue weighted by molar-refractivity contribution is -0.115. The number of hydrogen-bond acceptors (Lipinski definition) is 4. The highest BCUT2D eigenvalue weighted by Gasteiger charge is 2.17. The van der Waals surface area contributed by atoms with Crippen LogP contribution in [-0.4, -0.2) is 44.1 Å². The van der Waals surface area contributed by atoms with Gasteiger partial charge in [-0.15, -0.1) is 0 Å². The summed E-state index contributed by atoms with van der Waals surface area (Å²) in [5.74, 6) is 0.698. The maximum atomic E-state index is 12.6. The quantitative estimate of drug-likeness (QED) is 0.600. The van der Waals surface area contributed by atoms with Gasteiger partial charge in [-0.2, -0.15) is 0 Å². The molecule has 3 aromatic rings. The minimum atomic E-state index is -0.0452. The van der Waals surface area contributed by atoms with Gasteiger partial charge in [0, 0.05) is 49.7 Å². The molecule has 5 heteroatoms. The van der Waals surface area contributed by atoms with Crippen LogP contribution in [0.25, 0.3) is 0 Å². The predicted octanol–water partition coefficient (Wildman–Crippen LogP) is 4.51. The van der Waals surface area contributed by atoms with Crippen LogP contribution in [0.1, 0.15) is 16.7 Å². The van der Waals surface area contributed by atoms with E-state index in [1.807, 2.05) is 37.3 Å². The van der Waals surface area contributed by atoms with E-state index in [4.69, 9.17) is 4.74 Å². The summed E-state index contributed by atoms with van der Waals surface area (Å²) in [5, 5.41) is 3.00. The van der Waals surface area contributed by atoms with Crippen LogP contribution in [0, 0.1) is 6.92 Å². The minimum absolute atomic E-state index is 0.0452. The summed E-state index contributed by atoms with van der Waals surface area (Å²) in [6.45, 7) is 7.13. The van der Waals surface area contributed by atoms with Gasteiger partial charge in [0.1, 0.15) is 5.75 Å². The number of nitrogens with zero attached hydrogens (tertiary/aromatic N) is 2. The van der Waals surface area contributed by atoms with E-state index in [2.05, 4.69) is 57.6 Å². The normalized spacial score (nSPS) is 14.2. The van der Waals surface area contributed by atoms with Gasteiger partial charge in [-0.25, -0.2) is 0 Å². The van der Waals surface area contributed by atoms with Gasteiger partial charge in [-0.05, 0) is 42.8 Å². The van der Waals surface area contributed by atoms with Crippen molar-refractivity contribution in [3.8, 4) is 5.75 Å². The fraction of sp³-hybridized carbons (Fsp3) is 0.296. The number of benzene rings is 3. The number of amides is 1. The number of ether oxygens (including phenoxy) is 1. The van der Waals surface area contributed by atoms with E-state index in [-0.39, 0.29) is 12.3 Å². The molecule has 1 fully saturated rings. The number of carbonyl (C=O) groups excluding carboxylic acids is 1. The fourth-order valence-corrected chi connectivity index (χ4v) is 4.19. The average molecular weight is 430 g/mol. The van der Waals surface area contributed by atoms with Crippen molar-refractivity contribution in [2.75, 3.05) is 43.5 Å². The molecule has 0 bridgehead atoms. The number of hydrogen-bond donors (Lipinski definition) is 1. The van der Waals surface area contributed by atoms with Crippen molar-refractivity contribution < 1.29 is 9.53 Å². The molecule has 0 unspecified atom stereocenters. The highest BCUT2D eigenvalue weighted by Crippen LogP contribution is 2.22. The summed E-state index contributed by atoms with van der Waals surface area (Å²) in [6, 6.07) is 24.7. The first-order valence-electron chi connectivity index (χ1n) is 11.2. The van der Waals surface area contributed by atoms with Crippen molar-refractivity contribution in [2.24, 2.45) is 0 Å². The number of carbonyl (C=O) groups is 1.